The van der Waals surface area contributed by atoms with Crippen molar-refractivity contribution in [3.05, 3.63) is 0 Å². The van der Waals surface area contributed by atoms with Crippen molar-refractivity contribution in [1.82, 2.24) is 5.32 Å². The average molecular weight is 280 g/mol. The van der Waals surface area contributed by atoms with Gasteiger partial charge in [0, 0.05) is 0 Å². The van der Waals surface area contributed by atoms with Crippen molar-refractivity contribution in [1.29, 1.82) is 0 Å². The molecule has 1 N–H and O–H groups in total. The second-order valence-corrected chi connectivity index (χ2v) is 5.13. The molecule has 1 atom stereocenters. The van der Waals surface area contributed by atoms with E-state index >= 15 is 0 Å². The van der Waals surface area contributed by atoms with Gasteiger partial charge in [0.2, 0.25) is 0 Å². The molecule has 0 unspecified atom stereocenters. The Bertz CT molecular complexity index is 276. The van der Waals surface area contributed by atoms with E-state index < -0.39 is 23.7 Å². The van der Waals surface area contributed by atoms with Crippen molar-refractivity contribution in [3.8, 4) is 0 Å². The topological polar surface area (TPSA) is 64.6 Å². The van der Waals surface area contributed by atoms with Gasteiger partial charge in [-0.15, -0.1) is 0 Å². The molecule has 0 rings (SSSR count). The molecule has 0 aromatic rings. The van der Waals surface area contributed by atoms with Crippen molar-refractivity contribution in [2.45, 2.75) is 58.6 Å². The molecule has 5 nitrogen and oxygen atoms in total. The molecule has 1 amide bonds. The highest BCUT2D eigenvalue weighted by Gasteiger charge is 2.24. The number of halogens is 1. The Morgan fingerprint density at radius 2 is 1.94 bits per heavy atom. The standard InChI is InChI=1S/C12H22ClNO4/c1-5-6-7-9(10(15)17-8-13)14-11(16)18-12(2,3)4/h9H,5-8H2,1-4H3,(H,14,16)/t9-/m1/s1. The molecule has 0 spiro atoms. The second kappa shape index (κ2) is 8.19. The molecule has 0 bridgehead atoms. The summed E-state index contributed by atoms with van der Waals surface area (Å²) in [4.78, 5) is 23.1. The lowest BCUT2D eigenvalue weighted by atomic mass is 10.1. The Labute approximate surface area is 113 Å². The third-order valence-electron chi connectivity index (χ3n) is 2.02. The largest absolute Gasteiger partial charge is 0.448 e. The van der Waals surface area contributed by atoms with Crippen LogP contribution in [-0.4, -0.2) is 29.8 Å². The molecule has 106 valence electrons. The fourth-order valence-electron chi connectivity index (χ4n) is 1.26. The zero-order chi connectivity index (χ0) is 14.2. The lowest BCUT2D eigenvalue weighted by Gasteiger charge is -2.22. The Kier molecular flexibility index (Phi) is 7.75. The minimum atomic E-state index is -0.710. The van der Waals surface area contributed by atoms with Crippen LogP contribution in [0.4, 0.5) is 4.79 Å². The van der Waals surface area contributed by atoms with Crippen LogP contribution in [0.15, 0.2) is 0 Å². The zero-order valence-corrected chi connectivity index (χ0v) is 12.2. The van der Waals surface area contributed by atoms with Gasteiger partial charge in [-0.1, -0.05) is 31.4 Å². The number of ether oxygens (including phenoxy) is 2. The maximum Gasteiger partial charge on any atom is 0.408 e. The van der Waals surface area contributed by atoms with E-state index in [-0.39, 0.29) is 6.07 Å². The van der Waals surface area contributed by atoms with Gasteiger partial charge in [0.15, 0.2) is 6.07 Å². The molecule has 0 saturated carbocycles. The van der Waals surface area contributed by atoms with Crippen LogP contribution >= 0.6 is 11.6 Å². The van der Waals surface area contributed by atoms with E-state index in [9.17, 15) is 9.59 Å². The van der Waals surface area contributed by atoms with Crippen molar-refractivity contribution in [2.75, 3.05) is 6.07 Å². The summed E-state index contributed by atoms with van der Waals surface area (Å²) >= 11 is 5.33. The predicted molar refractivity (Wildman–Crippen MR) is 69.5 cm³/mol. The second-order valence-electron chi connectivity index (χ2n) is 4.91. The Balaban J connectivity index is 4.39. The fraction of sp³-hybridized carbons (Fsp3) is 0.833. The van der Waals surface area contributed by atoms with E-state index in [4.69, 9.17) is 16.3 Å². The molecule has 0 heterocycles. The van der Waals surface area contributed by atoms with E-state index in [2.05, 4.69) is 10.1 Å². The highest BCUT2D eigenvalue weighted by atomic mass is 35.5. The van der Waals surface area contributed by atoms with E-state index in [0.29, 0.717) is 6.42 Å². The molecule has 0 aliphatic carbocycles. The lowest BCUT2D eigenvalue weighted by molar-refractivity contribution is -0.144. The van der Waals surface area contributed by atoms with E-state index in [0.717, 1.165) is 12.8 Å². The van der Waals surface area contributed by atoms with Crippen molar-refractivity contribution in [3.63, 3.8) is 0 Å². The number of esters is 1. The van der Waals surface area contributed by atoms with E-state index in [1.807, 2.05) is 6.92 Å². The third kappa shape index (κ3) is 8.17. The van der Waals surface area contributed by atoms with Crippen molar-refractivity contribution in [2.24, 2.45) is 0 Å². The molecule has 6 heteroatoms. The first kappa shape index (κ1) is 17.0. The van der Waals surface area contributed by atoms with Gasteiger partial charge in [0.1, 0.15) is 11.6 Å². The lowest BCUT2D eigenvalue weighted by Crippen LogP contribution is -2.44. The van der Waals surface area contributed by atoms with Gasteiger partial charge in [0.25, 0.3) is 0 Å². The smallest absolute Gasteiger partial charge is 0.408 e. The van der Waals surface area contributed by atoms with Gasteiger partial charge < -0.3 is 14.8 Å². The van der Waals surface area contributed by atoms with Crippen molar-refractivity contribution >= 4 is 23.7 Å². The molecule has 0 saturated heterocycles. The first-order valence-electron chi connectivity index (χ1n) is 6.02. The number of hydrogen-bond acceptors (Lipinski definition) is 4. The van der Waals surface area contributed by atoms with Gasteiger partial charge >= 0.3 is 12.1 Å². The molecule has 0 aliphatic heterocycles. The van der Waals surface area contributed by atoms with E-state index in [1.165, 1.54) is 0 Å². The molecule has 0 aliphatic rings. The quantitative estimate of drug-likeness (QED) is 0.600. The number of carbonyl (C=O) groups excluding carboxylic acids is 2. The Morgan fingerprint density at radius 1 is 1.33 bits per heavy atom. The molecule has 0 aromatic carbocycles. The normalized spacial score (nSPS) is 12.7. The zero-order valence-electron chi connectivity index (χ0n) is 11.4. The summed E-state index contributed by atoms with van der Waals surface area (Å²) in [6.45, 7) is 7.26. The van der Waals surface area contributed by atoms with Crippen LogP contribution in [0, 0.1) is 0 Å². The number of alkyl carbamates (subject to hydrolysis) is 1. The maximum atomic E-state index is 11.6. The van der Waals surface area contributed by atoms with Crippen LogP contribution < -0.4 is 5.32 Å². The highest BCUT2D eigenvalue weighted by Crippen LogP contribution is 2.09. The number of unbranched alkanes of at least 4 members (excludes halogenated alkanes) is 1. The first-order valence-corrected chi connectivity index (χ1v) is 6.55. The van der Waals surface area contributed by atoms with Gasteiger partial charge in [-0.3, -0.25) is 0 Å². The average Bonchev–Trinajstić information content (AvgIpc) is 2.21. The van der Waals surface area contributed by atoms with Gasteiger partial charge in [-0.2, -0.15) is 0 Å². The predicted octanol–water partition coefficient (Wildman–Crippen LogP) is 2.81. The van der Waals surface area contributed by atoms with Crippen LogP contribution in [0.2, 0.25) is 0 Å². The molecule has 0 radical (unpaired) electrons. The summed E-state index contributed by atoms with van der Waals surface area (Å²) < 4.78 is 9.77. The molecule has 0 aromatic heterocycles. The number of rotatable bonds is 6. The Morgan fingerprint density at radius 3 is 2.39 bits per heavy atom. The summed E-state index contributed by atoms with van der Waals surface area (Å²) in [5, 5.41) is 2.50. The highest BCUT2D eigenvalue weighted by molar-refractivity contribution is 6.17. The molecule has 18 heavy (non-hydrogen) atoms. The summed E-state index contributed by atoms with van der Waals surface area (Å²) in [7, 11) is 0. The van der Waals surface area contributed by atoms with Gasteiger partial charge in [-0.25, -0.2) is 9.59 Å². The SMILES string of the molecule is CCCC[C@@H](NC(=O)OC(C)(C)C)C(=O)OCCl. The van der Waals surface area contributed by atoms with Crippen LogP contribution in [0.25, 0.3) is 0 Å². The Hall–Kier alpha value is -0.970. The summed E-state index contributed by atoms with van der Waals surface area (Å²) in [5.41, 5.74) is -0.601. The minimum absolute atomic E-state index is 0.225. The van der Waals surface area contributed by atoms with Crippen LogP contribution in [0.3, 0.4) is 0 Å². The summed E-state index contributed by atoms with van der Waals surface area (Å²) in [6.07, 6.45) is 1.60. The number of alkyl halides is 1. The molecular formula is C12H22ClNO4. The summed E-state index contributed by atoms with van der Waals surface area (Å²) in [6, 6.07) is -0.934. The molecule has 0 fully saturated rings. The van der Waals surface area contributed by atoms with Gasteiger partial charge in [0.05, 0.1) is 0 Å². The number of hydrogen-bond donors (Lipinski definition) is 1. The van der Waals surface area contributed by atoms with Gasteiger partial charge in [-0.05, 0) is 27.2 Å². The van der Waals surface area contributed by atoms with Crippen molar-refractivity contribution < 1.29 is 19.1 Å². The number of carbonyl (C=O) groups is 2. The van der Waals surface area contributed by atoms with E-state index in [1.54, 1.807) is 20.8 Å². The third-order valence-corrected chi connectivity index (χ3v) is 2.13. The molecular weight excluding hydrogens is 258 g/mol. The fourth-order valence-corrected chi connectivity index (χ4v) is 1.37. The number of nitrogens with one attached hydrogen (secondary N) is 1. The summed E-state index contributed by atoms with van der Waals surface area (Å²) in [5.74, 6) is -0.538. The van der Waals surface area contributed by atoms with Crippen LogP contribution in [-0.2, 0) is 14.3 Å². The van der Waals surface area contributed by atoms with Crippen LogP contribution in [0.5, 0.6) is 0 Å². The number of amides is 1. The first-order chi connectivity index (χ1) is 8.30. The van der Waals surface area contributed by atoms with Crippen LogP contribution in [0.1, 0.15) is 47.0 Å². The monoisotopic (exact) mass is 279 g/mol. The maximum absolute atomic E-state index is 11.6. The minimum Gasteiger partial charge on any atom is -0.448 e.